The number of carbonyl (C=O) groups is 1. The first kappa shape index (κ1) is 15.5. The maximum Gasteiger partial charge on any atom is 0.307 e. The van der Waals surface area contributed by atoms with E-state index in [1.165, 1.54) is 15.6 Å². The molecule has 7 heteroatoms. The van der Waals surface area contributed by atoms with Crippen LogP contribution in [-0.4, -0.2) is 38.4 Å². The number of thiophene rings is 1. The summed E-state index contributed by atoms with van der Waals surface area (Å²) in [5.74, 6) is 0.0848. The molecule has 0 amide bonds. The summed E-state index contributed by atoms with van der Waals surface area (Å²) in [6.45, 7) is 2.75. The lowest BCUT2D eigenvalue weighted by Crippen LogP contribution is -2.34. The Morgan fingerprint density at radius 3 is 2.80 bits per heavy atom. The van der Waals surface area contributed by atoms with Gasteiger partial charge in [0, 0.05) is 13.1 Å². The van der Waals surface area contributed by atoms with Crippen LogP contribution >= 0.6 is 11.3 Å². The summed E-state index contributed by atoms with van der Waals surface area (Å²) in [6, 6.07) is 3.32. The summed E-state index contributed by atoms with van der Waals surface area (Å²) in [7, 11) is -3.48. The van der Waals surface area contributed by atoms with Gasteiger partial charge in [-0.25, -0.2) is 8.42 Å². The van der Waals surface area contributed by atoms with Crippen molar-refractivity contribution in [1.29, 1.82) is 0 Å². The summed E-state index contributed by atoms with van der Waals surface area (Å²) in [5, 5.41) is 1.74. The van der Waals surface area contributed by atoms with Gasteiger partial charge >= 0.3 is 5.97 Å². The van der Waals surface area contributed by atoms with Crippen molar-refractivity contribution in [2.45, 2.75) is 30.4 Å². The molecule has 1 aliphatic carbocycles. The molecule has 112 valence electrons. The average Bonchev–Trinajstić information content (AvgIpc) is 3.04. The average molecular weight is 317 g/mol. The maximum absolute atomic E-state index is 12.5. The Kier molecular flexibility index (Phi) is 5.17. The fourth-order valence-electron chi connectivity index (χ4n) is 1.88. The van der Waals surface area contributed by atoms with Gasteiger partial charge < -0.3 is 4.74 Å². The first-order valence-electron chi connectivity index (χ1n) is 6.73. The van der Waals surface area contributed by atoms with Gasteiger partial charge in [-0.3, -0.25) is 4.79 Å². The van der Waals surface area contributed by atoms with Gasteiger partial charge in [0.1, 0.15) is 4.21 Å². The first-order valence-corrected chi connectivity index (χ1v) is 9.05. The fraction of sp³-hybridized carbons (Fsp3) is 0.615. The molecule has 0 N–H and O–H groups in total. The van der Waals surface area contributed by atoms with E-state index in [1.807, 2.05) is 0 Å². The molecule has 0 saturated heterocycles. The van der Waals surface area contributed by atoms with Crippen LogP contribution in [0.15, 0.2) is 21.7 Å². The van der Waals surface area contributed by atoms with Gasteiger partial charge in [0.2, 0.25) is 0 Å². The van der Waals surface area contributed by atoms with Gasteiger partial charge in [0.05, 0.1) is 13.0 Å². The van der Waals surface area contributed by atoms with Crippen LogP contribution in [0.5, 0.6) is 0 Å². The highest BCUT2D eigenvalue weighted by Gasteiger charge is 2.32. The Hall–Kier alpha value is -0.920. The third-order valence-corrected chi connectivity index (χ3v) is 6.36. The third-order valence-electron chi connectivity index (χ3n) is 3.12. The van der Waals surface area contributed by atoms with Crippen LogP contribution in [0, 0.1) is 5.92 Å². The number of ether oxygens (including phenoxy) is 1. The van der Waals surface area contributed by atoms with Crippen LogP contribution in [0.3, 0.4) is 0 Å². The van der Waals surface area contributed by atoms with E-state index in [9.17, 15) is 13.2 Å². The van der Waals surface area contributed by atoms with E-state index in [0.717, 1.165) is 12.8 Å². The molecule has 2 rings (SSSR count). The zero-order valence-corrected chi connectivity index (χ0v) is 13.1. The molecule has 1 saturated carbocycles. The lowest BCUT2D eigenvalue weighted by molar-refractivity contribution is -0.143. The molecule has 0 bridgehead atoms. The van der Waals surface area contributed by atoms with E-state index < -0.39 is 10.0 Å². The van der Waals surface area contributed by atoms with E-state index in [2.05, 4.69) is 0 Å². The molecular weight excluding hydrogens is 298 g/mol. The number of esters is 1. The first-order chi connectivity index (χ1) is 9.54. The minimum absolute atomic E-state index is 0.102. The predicted octanol–water partition coefficient (Wildman–Crippen LogP) is 2.10. The molecule has 0 atom stereocenters. The molecule has 5 nitrogen and oxygen atoms in total. The second kappa shape index (κ2) is 6.69. The van der Waals surface area contributed by atoms with Gasteiger partial charge in [-0.05, 0) is 37.1 Å². The van der Waals surface area contributed by atoms with E-state index >= 15 is 0 Å². The second-order valence-electron chi connectivity index (χ2n) is 4.79. The molecule has 1 fully saturated rings. The molecule has 1 aromatic rings. The quantitative estimate of drug-likeness (QED) is 0.689. The van der Waals surface area contributed by atoms with Gasteiger partial charge in [-0.15, -0.1) is 11.3 Å². The summed E-state index contributed by atoms with van der Waals surface area (Å²) in [4.78, 5) is 11.4. The summed E-state index contributed by atoms with van der Waals surface area (Å²) in [5.41, 5.74) is 0. The van der Waals surface area contributed by atoms with Gasteiger partial charge in [-0.1, -0.05) is 6.07 Å². The minimum Gasteiger partial charge on any atom is -0.466 e. The van der Waals surface area contributed by atoms with Crippen molar-refractivity contribution >= 4 is 27.3 Å². The van der Waals surface area contributed by atoms with Crippen LogP contribution in [0.1, 0.15) is 26.2 Å². The van der Waals surface area contributed by atoms with E-state index in [0.29, 0.717) is 23.3 Å². The Morgan fingerprint density at radius 2 is 2.25 bits per heavy atom. The Balaban J connectivity index is 2.04. The topological polar surface area (TPSA) is 63.7 Å². The Bertz CT molecular complexity index is 535. The smallest absolute Gasteiger partial charge is 0.307 e. The van der Waals surface area contributed by atoms with Crippen LogP contribution < -0.4 is 0 Å². The lowest BCUT2D eigenvalue weighted by atomic mass is 10.4. The lowest BCUT2D eigenvalue weighted by Gasteiger charge is -2.20. The molecule has 0 spiro atoms. The number of carbonyl (C=O) groups excluding carboxylic acids is 1. The van der Waals surface area contributed by atoms with Crippen molar-refractivity contribution in [3.63, 3.8) is 0 Å². The number of hydrogen-bond acceptors (Lipinski definition) is 5. The monoisotopic (exact) mass is 317 g/mol. The summed E-state index contributed by atoms with van der Waals surface area (Å²) < 4.78 is 31.6. The Labute approximate surface area is 123 Å². The molecular formula is C13H19NO4S2. The number of nitrogens with zero attached hydrogens (tertiary/aromatic N) is 1. The highest BCUT2D eigenvalue weighted by atomic mass is 32.2. The molecule has 0 aliphatic heterocycles. The predicted molar refractivity (Wildman–Crippen MR) is 77.1 cm³/mol. The van der Waals surface area contributed by atoms with Crippen LogP contribution in [-0.2, 0) is 19.6 Å². The van der Waals surface area contributed by atoms with Gasteiger partial charge in [0.25, 0.3) is 10.0 Å². The van der Waals surface area contributed by atoms with E-state index in [4.69, 9.17) is 4.74 Å². The molecule has 0 unspecified atom stereocenters. The van der Waals surface area contributed by atoms with E-state index in [1.54, 1.807) is 24.4 Å². The van der Waals surface area contributed by atoms with Crippen molar-refractivity contribution < 1.29 is 17.9 Å². The third kappa shape index (κ3) is 4.04. The summed E-state index contributed by atoms with van der Waals surface area (Å²) >= 11 is 1.20. The minimum atomic E-state index is -3.48. The van der Waals surface area contributed by atoms with Gasteiger partial charge in [0.15, 0.2) is 0 Å². The highest BCUT2D eigenvalue weighted by Crippen LogP contribution is 2.32. The maximum atomic E-state index is 12.5. The highest BCUT2D eigenvalue weighted by molar-refractivity contribution is 7.91. The largest absolute Gasteiger partial charge is 0.466 e. The SMILES string of the molecule is CCOC(=O)CCN(CC1CC1)S(=O)(=O)c1cccs1. The number of hydrogen-bond donors (Lipinski definition) is 0. The molecule has 1 aliphatic rings. The molecule has 0 radical (unpaired) electrons. The van der Waals surface area contributed by atoms with Crippen molar-refractivity contribution in [1.82, 2.24) is 4.31 Å². The van der Waals surface area contributed by atoms with Crippen LogP contribution in [0.2, 0.25) is 0 Å². The molecule has 1 aromatic heterocycles. The van der Waals surface area contributed by atoms with Crippen molar-refractivity contribution in [3.05, 3.63) is 17.5 Å². The molecule has 0 aromatic carbocycles. The van der Waals surface area contributed by atoms with Crippen LogP contribution in [0.4, 0.5) is 0 Å². The summed E-state index contributed by atoms with van der Waals surface area (Å²) in [6.07, 6.45) is 2.23. The van der Waals surface area contributed by atoms with Crippen molar-refractivity contribution in [2.75, 3.05) is 19.7 Å². The van der Waals surface area contributed by atoms with Crippen molar-refractivity contribution in [3.8, 4) is 0 Å². The number of rotatable bonds is 8. The zero-order chi connectivity index (χ0) is 14.6. The van der Waals surface area contributed by atoms with Crippen molar-refractivity contribution in [2.24, 2.45) is 5.92 Å². The van der Waals surface area contributed by atoms with Gasteiger partial charge in [-0.2, -0.15) is 4.31 Å². The standard InChI is InChI=1S/C13H19NO4S2/c1-2-18-12(15)7-8-14(10-11-5-6-11)20(16,17)13-4-3-9-19-13/h3-4,9,11H,2,5-8,10H2,1H3. The second-order valence-corrected chi connectivity index (χ2v) is 7.91. The Morgan fingerprint density at radius 1 is 1.50 bits per heavy atom. The molecule has 20 heavy (non-hydrogen) atoms. The normalized spacial score (nSPS) is 15.5. The van der Waals surface area contributed by atoms with E-state index in [-0.39, 0.29) is 18.9 Å². The zero-order valence-electron chi connectivity index (χ0n) is 11.4. The molecule has 1 heterocycles. The number of sulfonamides is 1. The fourth-order valence-corrected chi connectivity index (χ4v) is 4.55. The van der Waals surface area contributed by atoms with Crippen LogP contribution in [0.25, 0.3) is 0 Å².